The van der Waals surface area contributed by atoms with Crippen LogP contribution in [-0.2, 0) is 15.7 Å². The molecular formula is C18H24F3N3O2. The molecule has 144 valence electrons. The minimum absolute atomic E-state index is 0.0858. The Labute approximate surface area is 151 Å². The predicted molar refractivity (Wildman–Crippen MR) is 93.7 cm³/mol. The smallest absolute Gasteiger partial charge is 0.416 e. The number of carbonyl (C=O) groups is 1. The molecule has 2 atom stereocenters. The highest BCUT2D eigenvalue weighted by atomic mass is 19.4. The van der Waals surface area contributed by atoms with Gasteiger partial charge in [0.05, 0.1) is 17.9 Å². The van der Waals surface area contributed by atoms with Crippen LogP contribution in [-0.4, -0.2) is 36.4 Å². The van der Waals surface area contributed by atoms with Gasteiger partial charge in [0.15, 0.2) is 0 Å². The number of benzene rings is 1. The molecule has 0 aromatic heterocycles. The van der Waals surface area contributed by atoms with Gasteiger partial charge in [0.2, 0.25) is 5.84 Å². The summed E-state index contributed by atoms with van der Waals surface area (Å²) in [6.07, 6.45) is -3.39. The van der Waals surface area contributed by atoms with Crippen LogP contribution in [0.2, 0.25) is 0 Å². The lowest BCUT2D eigenvalue weighted by molar-refractivity contribution is -0.138. The van der Waals surface area contributed by atoms with Crippen LogP contribution >= 0.6 is 0 Å². The Morgan fingerprint density at radius 2 is 1.96 bits per heavy atom. The van der Waals surface area contributed by atoms with Crippen LogP contribution in [0.15, 0.2) is 29.4 Å². The molecule has 1 fully saturated rings. The maximum atomic E-state index is 12.8. The Kier molecular flexibility index (Phi) is 6.50. The van der Waals surface area contributed by atoms with Crippen molar-refractivity contribution in [3.63, 3.8) is 0 Å². The van der Waals surface area contributed by atoms with E-state index in [2.05, 4.69) is 24.4 Å². The molecule has 0 radical (unpaired) electrons. The lowest BCUT2D eigenvalue weighted by atomic mass is 9.92. The van der Waals surface area contributed by atoms with Gasteiger partial charge in [0, 0.05) is 13.1 Å². The number of rotatable bonds is 3. The van der Waals surface area contributed by atoms with Gasteiger partial charge in [-0.1, -0.05) is 19.9 Å². The number of anilines is 1. The fourth-order valence-electron chi connectivity index (χ4n) is 3.16. The van der Waals surface area contributed by atoms with Crippen LogP contribution in [0.1, 0.15) is 32.8 Å². The van der Waals surface area contributed by atoms with Crippen molar-refractivity contribution in [2.75, 3.05) is 25.1 Å². The highest BCUT2D eigenvalue weighted by Crippen LogP contribution is 2.30. The molecule has 0 bridgehead atoms. The SMILES string of the molecule is CCOC(=O)C(=NNc1cccc(C(F)(F)F)c1)N1CC(C)CC(C)C1. The lowest BCUT2D eigenvalue weighted by Gasteiger charge is -2.36. The first-order valence-electron chi connectivity index (χ1n) is 8.63. The number of hydrogen-bond acceptors (Lipinski definition) is 4. The van der Waals surface area contributed by atoms with Gasteiger partial charge in [-0.05, 0) is 43.4 Å². The second kappa shape index (κ2) is 8.42. The molecule has 1 aliphatic rings. The molecule has 0 amide bonds. The third kappa shape index (κ3) is 5.37. The van der Waals surface area contributed by atoms with Crippen molar-refractivity contribution in [2.24, 2.45) is 16.9 Å². The quantitative estimate of drug-likeness (QED) is 0.378. The van der Waals surface area contributed by atoms with E-state index >= 15 is 0 Å². The minimum atomic E-state index is -4.44. The molecule has 26 heavy (non-hydrogen) atoms. The molecule has 1 saturated heterocycles. The molecule has 1 aromatic rings. The van der Waals surface area contributed by atoms with Crippen molar-refractivity contribution in [1.82, 2.24) is 4.90 Å². The van der Waals surface area contributed by atoms with E-state index in [0.29, 0.717) is 24.9 Å². The maximum Gasteiger partial charge on any atom is 0.416 e. The number of piperidine rings is 1. The number of hydrazone groups is 1. The van der Waals surface area contributed by atoms with Gasteiger partial charge in [0.25, 0.3) is 0 Å². The molecule has 2 unspecified atom stereocenters. The van der Waals surface area contributed by atoms with E-state index in [0.717, 1.165) is 18.6 Å². The number of halogens is 3. The molecule has 1 N–H and O–H groups in total. The van der Waals surface area contributed by atoms with E-state index in [1.807, 2.05) is 4.90 Å². The van der Waals surface area contributed by atoms with Crippen LogP contribution < -0.4 is 5.43 Å². The Hall–Kier alpha value is -2.25. The fourth-order valence-corrected chi connectivity index (χ4v) is 3.16. The Morgan fingerprint density at radius 1 is 1.31 bits per heavy atom. The van der Waals surface area contributed by atoms with Crippen LogP contribution in [0, 0.1) is 11.8 Å². The molecule has 0 aliphatic carbocycles. The first-order chi connectivity index (χ1) is 12.2. The molecule has 0 saturated carbocycles. The van der Waals surface area contributed by atoms with Crippen molar-refractivity contribution in [3.05, 3.63) is 29.8 Å². The average molecular weight is 371 g/mol. The average Bonchev–Trinajstić information content (AvgIpc) is 2.54. The summed E-state index contributed by atoms with van der Waals surface area (Å²) in [6, 6.07) is 4.68. The van der Waals surface area contributed by atoms with Crippen LogP contribution in [0.3, 0.4) is 0 Å². The third-order valence-corrected chi connectivity index (χ3v) is 4.11. The fraction of sp³-hybridized carbons (Fsp3) is 0.556. The monoisotopic (exact) mass is 371 g/mol. The molecule has 1 aliphatic heterocycles. The van der Waals surface area contributed by atoms with Crippen molar-refractivity contribution in [1.29, 1.82) is 0 Å². The molecule has 5 nitrogen and oxygen atoms in total. The predicted octanol–water partition coefficient (Wildman–Crippen LogP) is 3.97. The van der Waals surface area contributed by atoms with Gasteiger partial charge in [-0.15, -0.1) is 5.10 Å². The summed E-state index contributed by atoms with van der Waals surface area (Å²) in [5.41, 5.74) is 1.94. The number of carbonyl (C=O) groups excluding carboxylic acids is 1. The second-order valence-electron chi connectivity index (χ2n) is 6.70. The number of nitrogens with zero attached hydrogens (tertiary/aromatic N) is 2. The second-order valence-corrected chi connectivity index (χ2v) is 6.70. The van der Waals surface area contributed by atoms with Gasteiger partial charge in [-0.25, -0.2) is 4.79 Å². The summed E-state index contributed by atoms with van der Waals surface area (Å²) in [7, 11) is 0. The largest absolute Gasteiger partial charge is 0.460 e. The summed E-state index contributed by atoms with van der Waals surface area (Å²) in [5, 5.41) is 4.08. The van der Waals surface area contributed by atoms with Gasteiger partial charge in [-0.3, -0.25) is 5.43 Å². The number of ether oxygens (including phenoxy) is 1. The molecule has 8 heteroatoms. The molecule has 1 aromatic carbocycles. The Bertz CT molecular complexity index is 651. The van der Waals surface area contributed by atoms with Crippen LogP contribution in [0.25, 0.3) is 0 Å². The Morgan fingerprint density at radius 3 is 2.54 bits per heavy atom. The summed E-state index contributed by atoms with van der Waals surface area (Å²) >= 11 is 0. The van der Waals surface area contributed by atoms with E-state index in [9.17, 15) is 18.0 Å². The number of hydrogen-bond donors (Lipinski definition) is 1. The van der Waals surface area contributed by atoms with E-state index in [1.54, 1.807) is 6.92 Å². The van der Waals surface area contributed by atoms with E-state index in [-0.39, 0.29) is 18.1 Å². The van der Waals surface area contributed by atoms with Gasteiger partial charge >= 0.3 is 12.1 Å². The van der Waals surface area contributed by atoms with Crippen LogP contribution in [0.4, 0.5) is 18.9 Å². The number of amidine groups is 1. The topological polar surface area (TPSA) is 53.9 Å². The van der Waals surface area contributed by atoms with E-state index in [1.165, 1.54) is 12.1 Å². The highest BCUT2D eigenvalue weighted by Gasteiger charge is 2.31. The normalized spacial score (nSPS) is 21.5. The maximum absolute atomic E-state index is 12.8. The third-order valence-electron chi connectivity index (χ3n) is 4.11. The van der Waals surface area contributed by atoms with Crippen molar-refractivity contribution >= 4 is 17.5 Å². The number of esters is 1. The molecule has 1 heterocycles. The number of alkyl halides is 3. The zero-order valence-electron chi connectivity index (χ0n) is 15.1. The summed E-state index contributed by atoms with van der Waals surface area (Å²) in [4.78, 5) is 14.1. The van der Waals surface area contributed by atoms with Gasteiger partial charge < -0.3 is 9.64 Å². The van der Waals surface area contributed by atoms with E-state index < -0.39 is 17.7 Å². The highest BCUT2D eigenvalue weighted by molar-refractivity contribution is 6.35. The molecule has 2 rings (SSSR count). The van der Waals surface area contributed by atoms with E-state index in [4.69, 9.17) is 4.74 Å². The number of nitrogens with one attached hydrogen (secondary N) is 1. The summed E-state index contributed by atoms with van der Waals surface area (Å²) in [5.74, 6) is 0.259. The first-order valence-corrected chi connectivity index (χ1v) is 8.63. The van der Waals surface area contributed by atoms with Crippen molar-refractivity contribution in [2.45, 2.75) is 33.4 Å². The summed E-state index contributed by atoms with van der Waals surface area (Å²) < 4.78 is 43.5. The number of likely N-dealkylation sites (tertiary alicyclic amines) is 1. The lowest BCUT2D eigenvalue weighted by Crippen LogP contribution is -2.46. The standard InChI is InChI=1S/C18H24F3N3O2/c1-4-26-17(25)16(24-10-12(2)8-13(3)11-24)23-22-15-7-5-6-14(9-15)18(19,20)21/h5-7,9,12-13,22H,4,8,10-11H2,1-3H3. The van der Waals surface area contributed by atoms with Crippen molar-refractivity contribution < 1.29 is 22.7 Å². The minimum Gasteiger partial charge on any atom is -0.460 e. The van der Waals surface area contributed by atoms with Crippen molar-refractivity contribution in [3.8, 4) is 0 Å². The van der Waals surface area contributed by atoms with Crippen LogP contribution in [0.5, 0.6) is 0 Å². The van der Waals surface area contributed by atoms with Gasteiger partial charge in [-0.2, -0.15) is 13.2 Å². The first kappa shape index (κ1) is 20.1. The Balaban J connectivity index is 2.24. The molecular weight excluding hydrogens is 347 g/mol. The van der Waals surface area contributed by atoms with Gasteiger partial charge in [0.1, 0.15) is 0 Å². The summed E-state index contributed by atoms with van der Waals surface area (Å²) in [6.45, 7) is 7.35. The zero-order valence-corrected chi connectivity index (χ0v) is 15.1. The zero-order chi connectivity index (χ0) is 19.3. The molecule has 0 spiro atoms.